The average Bonchev–Trinajstić information content (AvgIpc) is 2.64. The molecule has 0 aromatic carbocycles. The van der Waals surface area contributed by atoms with Gasteiger partial charge in [-0.15, -0.1) is 0 Å². The largest absolute Gasteiger partial charge is 0.469 e. The SMILES string of the molecule is Cc1occc1C(=O)NCCCCCBr. The first-order chi connectivity index (χ1) is 7.25. The lowest BCUT2D eigenvalue weighted by molar-refractivity contribution is 0.0951. The summed E-state index contributed by atoms with van der Waals surface area (Å²) in [5.74, 6) is 0.632. The Kier molecular flexibility index (Phi) is 5.47. The molecule has 0 aliphatic rings. The Hall–Kier alpha value is -0.770. The van der Waals surface area contributed by atoms with Crippen LogP contribution in [-0.2, 0) is 0 Å². The van der Waals surface area contributed by atoms with E-state index >= 15 is 0 Å². The lowest BCUT2D eigenvalue weighted by atomic mass is 10.2. The van der Waals surface area contributed by atoms with E-state index in [-0.39, 0.29) is 5.91 Å². The number of alkyl halides is 1. The molecule has 0 saturated carbocycles. The van der Waals surface area contributed by atoms with Gasteiger partial charge in [-0.25, -0.2) is 0 Å². The molecule has 0 radical (unpaired) electrons. The molecule has 84 valence electrons. The minimum Gasteiger partial charge on any atom is -0.469 e. The van der Waals surface area contributed by atoms with Crippen molar-refractivity contribution in [2.24, 2.45) is 0 Å². The van der Waals surface area contributed by atoms with Crippen LogP contribution in [0.5, 0.6) is 0 Å². The standard InChI is InChI=1S/C11H16BrNO2/c1-9-10(5-8-15-9)11(14)13-7-4-2-3-6-12/h5,8H,2-4,6-7H2,1H3,(H,13,14). The fraction of sp³-hybridized carbons (Fsp3) is 0.545. The molecular formula is C11H16BrNO2. The van der Waals surface area contributed by atoms with Crippen LogP contribution in [0.2, 0.25) is 0 Å². The lowest BCUT2D eigenvalue weighted by Crippen LogP contribution is -2.24. The second kappa shape index (κ2) is 6.67. The molecule has 15 heavy (non-hydrogen) atoms. The summed E-state index contributed by atoms with van der Waals surface area (Å²) in [6.07, 6.45) is 4.85. The number of carbonyl (C=O) groups excluding carboxylic acids is 1. The smallest absolute Gasteiger partial charge is 0.254 e. The Morgan fingerprint density at radius 3 is 2.87 bits per heavy atom. The molecule has 1 amide bonds. The predicted octanol–water partition coefficient (Wildman–Crippen LogP) is 2.88. The van der Waals surface area contributed by atoms with E-state index in [1.54, 1.807) is 13.0 Å². The zero-order valence-corrected chi connectivity index (χ0v) is 10.5. The van der Waals surface area contributed by atoms with E-state index in [1.165, 1.54) is 6.26 Å². The molecular weight excluding hydrogens is 258 g/mol. The minimum absolute atomic E-state index is 0.0416. The summed E-state index contributed by atoms with van der Waals surface area (Å²) < 4.78 is 5.06. The number of hydrogen-bond acceptors (Lipinski definition) is 2. The van der Waals surface area contributed by atoms with Crippen molar-refractivity contribution >= 4 is 21.8 Å². The summed E-state index contributed by atoms with van der Waals surface area (Å²) in [6, 6.07) is 1.70. The predicted molar refractivity (Wildman–Crippen MR) is 63.4 cm³/mol. The zero-order valence-electron chi connectivity index (χ0n) is 8.88. The van der Waals surface area contributed by atoms with Crippen LogP contribution in [0.3, 0.4) is 0 Å². The van der Waals surface area contributed by atoms with Gasteiger partial charge in [0.2, 0.25) is 0 Å². The number of amides is 1. The van der Waals surface area contributed by atoms with Gasteiger partial charge in [0.15, 0.2) is 0 Å². The van der Waals surface area contributed by atoms with E-state index in [2.05, 4.69) is 21.2 Å². The topological polar surface area (TPSA) is 42.2 Å². The molecule has 0 aliphatic carbocycles. The van der Waals surface area contributed by atoms with Crippen molar-refractivity contribution in [3.8, 4) is 0 Å². The van der Waals surface area contributed by atoms with Crippen LogP contribution >= 0.6 is 15.9 Å². The van der Waals surface area contributed by atoms with Gasteiger partial charge in [0.05, 0.1) is 11.8 Å². The Morgan fingerprint density at radius 2 is 2.27 bits per heavy atom. The normalized spacial score (nSPS) is 10.3. The lowest BCUT2D eigenvalue weighted by Gasteiger charge is -2.03. The first-order valence-corrected chi connectivity index (χ1v) is 6.26. The third kappa shape index (κ3) is 4.08. The molecule has 1 aromatic heterocycles. The van der Waals surface area contributed by atoms with Crippen molar-refractivity contribution in [2.75, 3.05) is 11.9 Å². The van der Waals surface area contributed by atoms with Crippen molar-refractivity contribution in [3.05, 3.63) is 23.7 Å². The van der Waals surface area contributed by atoms with Gasteiger partial charge in [-0.3, -0.25) is 4.79 Å². The summed E-state index contributed by atoms with van der Waals surface area (Å²) in [6.45, 7) is 2.52. The highest BCUT2D eigenvalue weighted by atomic mass is 79.9. The fourth-order valence-corrected chi connectivity index (χ4v) is 1.71. The molecule has 4 heteroatoms. The Morgan fingerprint density at radius 1 is 1.47 bits per heavy atom. The second-order valence-electron chi connectivity index (χ2n) is 3.40. The van der Waals surface area contributed by atoms with Gasteiger partial charge < -0.3 is 9.73 Å². The van der Waals surface area contributed by atoms with Gasteiger partial charge in [0.25, 0.3) is 5.91 Å². The van der Waals surface area contributed by atoms with Crippen molar-refractivity contribution < 1.29 is 9.21 Å². The zero-order chi connectivity index (χ0) is 11.1. The van der Waals surface area contributed by atoms with E-state index in [1.807, 2.05) is 0 Å². The maximum Gasteiger partial charge on any atom is 0.254 e. The fourth-order valence-electron chi connectivity index (χ4n) is 1.31. The molecule has 1 rings (SSSR count). The van der Waals surface area contributed by atoms with E-state index in [0.717, 1.165) is 31.1 Å². The maximum atomic E-state index is 11.6. The monoisotopic (exact) mass is 273 g/mol. The summed E-state index contributed by atoms with van der Waals surface area (Å²) in [4.78, 5) is 11.6. The van der Waals surface area contributed by atoms with Crippen LogP contribution in [0, 0.1) is 6.92 Å². The Balaban J connectivity index is 2.22. The number of halogens is 1. The molecule has 0 saturated heterocycles. The molecule has 0 bridgehead atoms. The van der Waals surface area contributed by atoms with Crippen LogP contribution in [0.4, 0.5) is 0 Å². The number of nitrogens with one attached hydrogen (secondary N) is 1. The number of aryl methyl sites for hydroxylation is 1. The quantitative estimate of drug-likeness (QED) is 0.640. The summed E-state index contributed by atoms with van der Waals surface area (Å²) in [5, 5.41) is 3.90. The summed E-state index contributed by atoms with van der Waals surface area (Å²) in [5.41, 5.74) is 0.635. The highest BCUT2D eigenvalue weighted by Crippen LogP contribution is 2.08. The number of carbonyl (C=O) groups is 1. The molecule has 0 unspecified atom stereocenters. The number of furan rings is 1. The van der Waals surface area contributed by atoms with E-state index in [9.17, 15) is 4.79 Å². The first kappa shape index (κ1) is 12.3. The van der Waals surface area contributed by atoms with E-state index < -0.39 is 0 Å². The summed E-state index contributed by atoms with van der Waals surface area (Å²) in [7, 11) is 0. The van der Waals surface area contributed by atoms with Gasteiger partial charge in [-0.2, -0.15) is 0 Å². The highest BCUT2D eigenvalue weighted by molar-refractivity contribution is 9.09. The van der Waals surface area contributed by atoms with Crippen LogP contribution < -0.4 is 5.32 Å². The molecule has 0 spiro atoms. The van der Waals surface area contributed by atoms with Crippen molar-refractivity contribution in [2.45, 2.75) is 26.2 Å². The van der Waals surface area contributed by atoms with Crippen molar-refractivity contribution in [1.82, 2.24) is 5.32 Å². The van der Waals surface area contributed by atoms with Crippen LogP contribution in [0.1, 0.15) is 35.4 Å². The maximum absolute atomic E-state index is 11.6. The van der Waals surface area contributed by atoms with Crippen LogP contribution in [-0.4, -0.2) is 17.8 Å². The van der Waals surface area contributed by atoms with Crippen molar-refractivity contribution in [3.63, 3.8) is 0 Å². The molecule has 1 heterocycles. The molecule has 0 fully saturated rings. The Bertz CT molecular complexity index is 309. The highest BCUT2D eigenvalue weighted by Gasteiger charge is 2.09. The molecule has 0 aliphatic heterocycles. The van der Waals surface area contributed by atoms with Gasteiger partial charge in [0.1, 0.15) is 5.76 Å². The molecule has 0 atom stereocenters. The van der Waals surface area contributed by atoms with E-state index in [0.29, 0.717) is 11.3 Å². The van der Waals surface area contributed by atoms with Gasteiger partial charge in [0, 0.05) is 11.9 Å². The van der Waals surface area contributed by atoms with Crippen molar-refractivity contribution in [1.29, 1.82) is 0 Å². The van der Waals surface area contributed by atoms with Gasteiger partial charge in [-0.05, 0) is 25.8 Å². The number of unbranched alkanes of at least 4 members (excludes halogenated alkanes) is 2. The van der Waals surface area contributed by atoms with Gasteiger partial charge >= 0.3 is 0 Å². The molecule has 1 aromatic rings. The number of hydrogen-bond donors (Lipinski definition) is 1. The third-order valence-electron chi connectivity index (χ3n) is 2.20. The minimum atomic E-state index is -0.0416. The van der Waals surface area contributed by atoms with Crippen LogP contribution in [0.15, 0.2) is 16.7 Å². The first-order valence-electron chi connectivity index (χ1n) is 5.14. The third-order valence-corrected chi connectivity index (χ3v) is 2.76. The van der Waals surface area contributed by atoms with Gasteiger partial charge in [-0.1, -0.05) is 22.4 Å². The van der Waals surface area contributed by atoms with E-state index in [4.69, 9.17) is 4.42 Å². The molecule has 1 N–H and O–H groups in total. The second-order valence-corrected chi connectivity index (χ2v) is 4.19. The molecule has 3 nitrogen and oxygen atoms in total. The number of rotatable bonds is 6. The Labute approximate surface area is 98.4 Å². The van der Waals surface area contributed by atoms with Crippen LogP contribution in [0.25, 0.3) is 0 Å². The summed E-state index contributed by atoms with van der Waals surface area (Å²) >= 11 is 3.37. The average molecular weight is 274 g/mol.